The summed E-state index contributed by atoms with van der Waals surface area (Å²) >= 11 is 2.87. The number of benzene rings is 1. The van der Waals surface area contributed by atoms with Crippen LogP contribution in [0.5, 0.6) is 0 Å². The van der Waals surface area contributed by atoms with Gasteiger partial charge < -0.3 is 5.11 Å². The van der Waals surface area contributed by atoms with E-state index in [1.54, 1.807) is 11.3 Å². The fourth-order valence-corrected chi connectivity index (χ4v) is 3.38. The number of thioether (sulfide) groups is 1. The lowest BCUT2D eigenvalue weighted by molar-refractivity contribution is 0.305. The summed E-state index contributed by atoms with van der Waals surface area (Å²) in [5, 5.41) is 10.6. The SMILES string of the molecule is OCCC#Cc1ccsc1CSc1ccc(F)cc1F. The van der Waals surface area contributed by atoms with Crippen LogP contribution in [0.25, 0.3) is 0 Å². The lowest BCUT2D eigenvalue weighted by Gasteiger charge is -2.02. The molecule has 0 saturated carbocycles. The number of rotatable bonds is 4. The summed E-state index contributed by atoms with van der Waals surface area (Å²) in [6.45, 7) is 0.0437. The summed E-state index contributed by atoms with van der Waals surface area (Å²) in [5.74, 6) is 5.33. The highest BCUT2D eigenvalue weighted by Gasteiger charge is 2.07. The zero-order valence-electron chi connectivity index (χ0n) is 10.5. The molecule has 1 aromatic carbocycles. The summed E-state index contributed by atoms with van der Waals surface area (Å²) < 4.78 is 26.3. The lowest BCUT2D eigenvalue weighted by Crippen LogP contribution is -1.86. The largest absolute Gasteiger partial charge is 0.395 e. The van der Waals surface area contributed by atoms with E-state index in [9.17, 15) is 8.78 Å². The van der Waals surface area contributed by atoms with E-state index in [2.05, 4.69) is 11.8 Å². The minimum atomic E-state index is -0.571. The van der Waals surface area contributed by atoms with Crippen molar-refractivity contribution >= 4 is 23.1 Å². The fourth-order valence-electron chi connectivity index (χ4n) is 1.51. The maximum atomic E-state index is 13.5. The van der Waals surface area contributed by atoms with Gasteiger partial charge in [-0.25, -0.2) is 8.78 Å². The molecule has 5 heteroatoms. The maximum Gasteiger partial charge on any atom is 0.139 e. The first-order valence-corrected chi connectivity index (χ1v) is 7.81. The van der Waals surface area contributed by atoms with E-state index in [1.165, 1.54) is 23.9 Å². The highest BCUT2D eigenvalue weighted by molar-refractivity contribution is 7.98. The van der Waals surface area contributed by atoms with E-state index >= 15 is 0 Å². The van der Waals surface area contributed by atoms with Gasteiger partial charge in [-0.15, -0.1) is 23.1 Å². The maximum absolute atomic E-state index is 13.5. The molecule has 0 fully saturated rings. The lowest BCUT2D eigenvalue weighted by atomic mass is 10.2. The van der Waals surface area contributed by atoms with Gasteiger partial charge >= 0.3 is 0 Å². The van der Waals surface area contributed by atoms with Crippen molar-refractivity contribution in [2.75, 3.05) is 6.61 Å². The Morgan fingerprint density at radius 2 is 2.10 bits per heavy atom. The number of halogens is 2. The van der Waals surface area contributed by atoms with Gasteiger partial charge in [-0.1, -0.05) is 11.8 Å². The molecule has 0 radical (unpaired) electrons. The summed E-state index contributed by atoms with van der Waals surface area (Å²) in [7, 11) is 0. The summed E-state index contributed by atoms with van der Waals surface area (Å²) in [4.78, 5) is 1.47. The summed E-state index contributed by atoms with van der Waals surface area (Å²) in [5.41, 5.74) is 0.901. The molecule has 0 aliphatic heterocycles. The summed E-state index contributed by atoms with van der Waals surface area (Å²) in [6.07, 6.45) is 0.440. The first-order valence-electron chi connectivity index (χ1n) is 5.94. The second kappa shape index (κ2) is 7.44. The van der Waals surface area contributed by atoms with Crippen LogP contribution in [0.1, 0.15) is 16.9 Å². The standard InChI is InChI=1S/C15H12F2OS2/c16-12-4-5-14(13(17)9-12)20-10-15-11(6-8-19-15)3-1-2-7-18/h4-6,8-9,18H,2,7,10H2. The van der Waals surface area contributed by atoms with E-state index < -0.39 is 11.6 Å². The molecule has 1 N–H and O–H groups in total. The van der Waals surface area contributed by atoms with Crippen molar-refractivity contribution in [3.05, 3.63) is 51.7 Å². The average Bonchev–Trinajstić information content (AvgIpc) is 2.86. The molecule has 1 aromatic heterocycles. The van der Waals surface area contributed by atoms with Gasteiger partial charge in [0, 0.05) is 33.6 Å². The molecule has 0 aliphatic rings. The van der Waals surface area contributed by atoms with Crippen LogP contribution < -0.4 is 0 Å². The van der Waals surface area contributed by atoms with E-state index in [4.69, 9.17) is 5.11 Å². The highest BCUT2D eigenvalue weighted by atomic mass is 32.2. The van der Waals surface area contributed by atoms with E-state index in [1.807, 2.05) is 11.4 Å². The third-order valence-electron chi connectivity index (χ3n) is 2.46. The first kappa shape index (κ1) is 15.0. The van der Waals surface area contributed by atoms with Gasteiger partial charge in [0.15, 0.2) is 0 Å². The minimum Gasteiger partial charge on any atom is -0.395 e. The van der Waals surface area contributed by atoms with Crippen LogP contribution in [-0.2, 0) is 5.75 Å². The zero-order valence-corrected chi connectivity index (χ0v) is 12.2. The molecule has 0 saturated heterocycles. The van der Waals surface area contributed by atoms with Crippen molar-refractivity contribution < 1.29 is 13.9 Å². The Morgan fingerprint density at radius 1 is 1.25 bits per heavy atom. The normalized spacial score (nSPS) is 10.2. The Bertz CT molecular complexity index is 641. The second-order valence-electron chi connectivity index (χ2n) is 3.90. The van der Waals surface area contributed by atoms with Gasteiger partial charge in [0.25, 0.3) is 0 Å². The average molecular weight is 310 g/mol. The molecule has 104 valence electrons. The minimum absolute atomic E-state index is 0.0437. The molecule has 2 rings (SSSR count). The topological polar surface area (TPSA) is 20.2 Å². The van der Waals surface area contributed by atoms with E-state index in [0.29, 0.717) is 17.1 Å². The number of aliphatic hydroxyl groups excluding tert-OH is 1. The van der Waals surface area contributed by atoms with Crippen molar-refractivity contribution in [1.82, 2.24) is 0 Å². The Hall–Kier alpha value is -1.35. The number of hydrogen-bond acceptors (Lipinski definition) is 3. The molecular formula is C15H12F2OS2. The van der Waals surface area contributed by atoms with Crippen LogP contribution in [0.4, 0.5) is 8.78 Å². The van der Waals surface area contributed by atoms with Gasteiger partial charge in [-0.2, -0.15) is 0 Å². The third kappa shape index (κ3) is 4.07. The molecule has 2 aromatic rings. The molecular weight excluding hydrogens is 298 g/mol. The molecule has 0 atom stereocenters. The van der Waals surface area contributed by atoms with Crippen LogP contribution in [0.2, 0.25) is 0 Å². The smallest absolute Gasteiger partial charge is 0.139 e. The predicted molar refractivity (Wildman–Crippen MR) is 78.8 cm³/mol. The zero-order chi connectivity index (χ0) is 14.4. The van der Waals surface area contributed by atoms with Crippen LogP contribution in [0, 0.1) is 23.5 Å². The van der Waals surface area contributed by atoms with Crippen molar-refractivity contribution in [2.45, 2.75) is 17.1 Å². The molecule has 20 heavy (non-hydrogen) atoms. The quantitative estimate of drug-likeness (QED) is 0.679. The van der Waals surface area contributed by atoms with Gasteiger partial charge in [0.05, 0.1) is 6.61 Å². The van der Waals surface area contributed by atoms with Gasteiger partial charge in [0.2, 0.25) is 0 Å². The molecule has 0 bridgehead atoms. The molecule has 0 amide bonds. The van der Waals surface area contributed by atoms with Crippen LogP contribution >= 0.6 is 23.1 Å². The van der Waals surface area contributed by atoms with Crippen molar-refractivity contribution in [2.24, 2.45) is 0 Å². The monoisotopic (exact) mass is 310 g/mol. The molecule has 0 unspecified atom stereocenters. The third-order valence-corrected chi connectivity index (χ3v) is 4.64. The van der Waals surface area contributed by atoms with Crippen LogP contribution in [0.15, 0.2) is 34.5 Å². The van der Waals surface area contributed by atoms with Crippen LogP contribution in [-0.4, -0.2) is 11.7 Å². The van der Waals surface area contributed by atoms with E-state index in [-0.39, 0.29) is 6.61 Å². The Balaban J connectivity index is 2.04. The van der Waals surface area contributed by atoms with Gasteiger partial charge in [-0.3, -0.25) is 0 Å². The van der Waals surface area contributed by atoms with E-state index in [0.717, 1.165) is 16.5 Å². The number of hydrogen-bond donors (Lipinski definition) is 1. The predicted octanol–water partition coefficient (Wildman–Crippen LogP) is 4.05. The van der Waals surface area contributed by atoms with Crippen molar-refractivity contribution in [1.29, 1.82) is 0 Å². The van der Waals surface area contributed by atoms with Gasteiger partial charge in [0.1, 0.15) is 11.6 Å². The molecule has 1 nitrogen and oxygen atoms in total. The van der Waals surface area contributed by atoms with Crippen molar-refractivity contribution in [3.8, 4) is 11.8 Å². The van der Waals surface area contributed by atoms with Crippen molar-refractivity contribution in [3.63, 3.8) is 0 Å². The second-order valence-corrected chi connectivity index (χ2v) is 5.91. The fraction of sp³-hybridized carbons (Fsp3) is 0.200. The number of aliphatic hydroxyl groups is 1. The number of thiophene rings is 1. The highest BCUT2D eigenvalue weighted by Crippen LogP contribution is 2.29. The Kier molecular flexibility index (Phi) is 5.60. The Morgan fingerprint density at radius 3 is 2.85 bits per heavy atom. The van der Waals surface area contributed by atoms with Crippen LogP contribution in [0.3, 0.4) is 0 Å². The van der Waals surface area contributed by atoms with Gasteiger partial charge in [-0.05, 0) is 23.6 Å². The molecule has 1 heterocycles. The Labute approximate surface area is 124 Å². The summed E-state index contributed by atoms with van der Waals surface area (Å²) in [6, 6.07) is 5.49. The first-order chi connectivity index (χ1) is 9.70. The molecule has 0 aliphatic carbocycles. The molecule has 0 spiro atoms.